The average molecular weight is 272 g/mol. The van der Waals surface area contributed by atoms with Crippen LogP contribution in [0.2, 0.25) is 0 Å². The highest BCUT2D eigenvalue weighted by Gasteiger charge is 2.41. The van der Waals surface area contributed by atoms with Gasteiger partial charge in [0.05, 0.1) is 5.92 Å². The Hall–Kier alpha value is -1.84. The van der Waals surface area contributed by atoms with E-state index in [1.807, 2.05) is 36.9 Å². The first-order valence-corrected chi connectivity index (χ1v) is 7.22. The lowest BCUT2D eigenvalue weighted by Crippen LogP contribution is -2.30. The van der Waals surface area contributed by atoms with Crippen molar-refractivity contribution >= 4 is 17.5 Å². The van der Waals surface area contributed by atoms with Gasteiger partial charge >= 0.3 is 0 Å². The second-order valence-corrected chi connectivity index (χ2v) is 5.99. The third kappa shape index (κ3) is 2.55. The molecule has 1 aromatic carbocycles. The van der Waals surface area contributed by atoms with Crippen molar-refractivity contribution in [2.75, 3.05) is 11.9 Å². The molecule has 0 unspecified atom stereocenters. The molecule has 0 bridgehead atoms. The van der Waals surface area contributed by atoms with Crippen molar-refractivity contribution < 1.29 is 9.59 Å². The number of nitrogens with zero attached hydrogens (tertiary/aromatic N) is 1. The predicted molar refractivity (Wildman–Crippen MR) is 77.4 cm³/mol. The lowest BCUT2D eigenvalue weighted by Gasteiger charge is -2.16. The molecule has 4 heteroatoms. The van der Waals surface area contributed by atoms with Crippen LogP contribution < -0.4 is 5.32 Å². The van der Waals surface area contributed by atoms with Crippen LogP contribution in [0.3, 0.4) is 0 Å². The van der Waals surface area contributed by atoms with Gasteiger partial charge in [-0.1, -0.05) is 17.7 Å². The van der Waals surface area contributed by atoms with Gasteiger partial charge in [0.25, 0.3) is 0 Å². The van der Waals surface area contributed by atoms with E-state index in [1.54, 1.807) is 0 Å². The molecule has 0 spiro atoms. The fraction of sp³-hybridized carbons (Fsp3) is 0.500. The van der Waals surface area contributed by atoms with Gasteiger partial charge in [-0.2, -0.15) is 0 Å². The molecular weight excluding hydrogens is 252 g/mol. The van der Waals surface area contributed by atoms with Crippen molar-refractivity contribution in [3.8, 4) is 0 Å². The van der Waals surface area contributed by atoms with Crippen LogP contribution in [0.25, 0.3) is 0 Å². The minimum Gasteiger partial charge on any atom is -0.339 e. The van der Waals surface area contributed by atoms with Gasteiger partial charge in [-0.25, -0.2) is 0 Å². The van der Waals surface area contributed by atoms with E-state index in [1.165, 1.54) is 5.56 Å². The first-order chi connectivity index (χ1) is 9.54. The molecule has 106 valence electrons. The Bertz CT molecular complexity index is 564. The number of amides is 2. The normalized spacial score (nSPS) is 22.2. The van der Waals surface area contributed by atoms with E-state index in [2.05, 4.69) is 5.32 Å². The Morgan fingerprint density at radius 1 is 1.30 bits per heavy atom. The van der Waals surface area contributed by atoms with Gasteiger partial charge in [-0.15, -0.1) is 0 Å². The third-order valence-electron chi connectivity index (χ3n) is 4.16. The largest absolute Gasteiger partial charge is 0.339 e. The molecule has 4 nitrogen and oxygen atoms in total. The van der Waals surface area contributed by atoms with Gasteiger partial charge in [0.2, 0.25) is 11.8 Å². The fourth-order valence-electron chi connectivity index (χ4n) is 2.84. The average Bonchev–Trinajstić information content (AvgIpc) is 3.16. The number of hydrogen-bond donors (Lipinski definition) is 1. The van der Waals surface area contributed by atoms with Crippen LogP contribution in [-0.4, -0.2) is 29.3 Å². The second kappa shape index (κ2) is 4.93. The summed E-state index contributed by atoms with van der Waals surface area (Å²) >= 11 is 0. The number of nitrogens with one attached hydrogen (secondary N) is 1. The van der Waals surface area contributed by atoms with Crippen LogP contribution in [0.5, 0.6) is 0 Å². The van der Waals surface area contributed by atoms with Gasteiger partial charge in [-0.3, -0.25) is 9.59 Å². The quantitative estimate of drug-likeness (QED) is 0.917. The number of anilines is 1. The van der Waals surface area contributed by atoms with E-state index in [4.69, 9.17) is 0 Å². The van der Waals surface area contributed by atoms with E-state index in [0.29, 0.717) is 19.0 Å². The van der Waals surface area contributed by atoms with Crippen molar-refractivity contribution in [1.29, 1.82) is 0 Å². The molecule has 1 heterocycles. The molecule has 1 aliphatic carbocycles. The summed E-state index contributed by atoms with van der Waals surface area (Å²) < 4.78 is 0. The van der Waals surface area contributed by atoms with Crippen LogP contribution in [0.1, 0.15) is 30.4 Å². The first-order valence-electron chi connectivity index (χ1n) is 7.22. The van der Waals surface area contributed by atoms with E-state index in [9.17, 15) is 9.59 Å². The van der Waals surface area contributed by atoms with Gasteiger partial charge in [0.1, 0.15) is 0 Å². The zero-order valence-electron chi connectivity index (χ0n) is 12.0. The highest BCUT2D eigenvalue weighted by Crippen LogP contribution is 2.33. The van der Waals surface area contributed by atoms with Gasteiger partial charge in [0.15, 0.2) is 0 Å². The highest BCUT2D eigenvalue weighted by atomic mass is 16.2. The maximum atomic E-state index is 12.3. The molecule has 1 aliphatic heterocycles. The minimum atomic E-state index is -0.205. The standard InChI is InChI=1S/C16H20N2O2/c1-10-3-6-14(11(2)7-10)17-16(20)12-8-15(19)18(9-12)13-4-5-13/h3,6-7,12-13H,4-5,8-9H2,1-2H3,(H,17,20)/t12-/m0/s1. The predicted octanol–water partition coefficient (Wildman–Crippen LogP) is 2.25. The summed E-state index contributed by atoms with van der Waals surface area (Å²) in [5.74, 6) is -0.106. The molecule has 0 radical (unpaired) electrons. The molecule has 1 saturated heterocycles. The lowest BCUT2D eigenvalue weighted by molar-refractivity contribution is -0.128. The molecule has 1 aromatic rings. The number of aryl methyl sites for hydroxylation is 2. The van der Waals surface area contributed by atoms with Crippen molar-refractivity contribution in [3.05, 3.63) is 29.3 Å². The molecule has 2 aliphatic rings. The number of likely N-dealkylation sites (tertiary alicyclic amines) is 1. The molecule has 0 aromatic heterocycles. The molecule has 3 rings (SSSR count). The molecule has 20 heavy (non-hydrogen) atoms. The summed E-state index contributed by atoms with van der Waals surface area (Å²) in [5, 5.41) is 2.96. The number of benzene rings is 1. The lowest BCUT2D eigenvalue weighted by atomic mass is 10.1. The van der Waals surface area contributed by atoms with Gasteiger partial charge < -0.3 is 10.2 Å². The van der Waals surface area contributed by atoms with E-state index in [-0.39, 0.29) is 17.7 Å². The Balaban J connectivity index is 1.66. The maximum Gasteiger partial charge on any atom is 0.229 e. The Labute approximate surface area is 119 Å². The number of carbonyl (C=O) groups is 2. The van der Waals surface area contributed by atoms with Crippen molar-refractivity contribution in [2.45, 2.75) is 39.2 Å². The van der Waals surface area contributed by atoms with Crippen molar-refractivity contribution in [1.82, 2.24) is 4.90 Å². The third-order valence-corrected chi connectivity index (χ3v) is 4.16. The van der Waals surface area contributed by atoms with Crippen molar-refractivity contribution in [3.63, 3.8) is 0 Å². The summed E-state index contributed by atoms with van der Waals surface area (Å²) in [6.45, 7) is 4.60. The maximum absolute atomic E-state index is 12.3. The van der Waals surface area contributed by atoms with E-state index < -0.39 is 0 Å². The number of rotatable bonds is 3. The smallest absolute Gasteiger partial charge is 0.229 e. The zero-order valence-corrected chi connectivity index (χ0v) is 12.0. The molecule has 1 saturated carbocycles. The van der Waals surface area contributed by atoms with Crippen LogP contribution >= 0.6 is 0 Å². The fourth-order valence-corrected chi connectivity index (χ4v) is 2.84. The Morgan fingerprint density at radius 3 is 2.70 bits per heavy atom. The SMILES string of the molecule is Cc1ccc(NC(=O)[C@H]2CC(=O)N(C3CC3)C2)c(C)c1. The number of carbonyl (C=O) groups excluding carboxylic acids is 2. The van der Waals surface area contributed by atoms with Crippen LogP contribution in [0.15, 0.2) is 18.2 Å². The monoisotopic (exact) mass is 272 g/mol. The topological polar surface area (TPSA) is 49.4 Å². The molecule has 2 amide bonds. The summed E-state index contributed by atoms with van der Waals surface area (Å²) in [4.78, 5) is 26.1. The van der Waals surface area contributed by atoms with Crippen LogP contribution in [0, 0.1) is 19.8 Å². The molecular formula is C16H20N2O2. The van der Waals surface area contributed by atoms with Crippen LogP contribution in [0.4, 0.5) is 5.69 Å². The van der Waals surface area contributed by atoms with Crippen molar-refractivity contribution in [2.24, 2.45) is 5.92 Å². The van der Waals surface area contributed by atoms with Gasteiger partial charge in [0, 0.05) is 24.7 Å². The minimum absolute atomic E-state index is 0.0338. The molecule has 2 fully saturated rings. The van der Waals surface area contributed by atoms with E-state index >= 15 is 0 Å². The summed E-state index contributed by atoms with van der Waals surface area (Å²) in [6, 6.07) is 6.37. The summed E-state index contributed by atoms with van der Waals surface area (Å²) in [6.07, 6.45) is 2.54. The van der Waals surface area contributed by atoms with Gasteiger partial charge in [-0.05, 0) is 38.3 Å². The zero-order chi connectivity index (χ0) is 14.3. The van der Waals surface area contributed by atoms with E-state index in [0.717, 1.165) is 24.1 Å². The number of hydrogen-bond acceptors (Lipinski definition) is 2. The first kappa shape index (κ1) is 13.2. The highest BCUT2D eigenvalue weighted by molar-refractivity contribution is 5.97. The molecule has 1 atom stereocenters. The second-order valence-electron chi connectivity index (χ2n) is 5.99. The van der Waals surface area contributed by atoms with Crippen LogP contribution in [-0.2, 0) is 9.59 Å². The summed E-state index contributed by atoms with van der Waals surface area (Å²) in [5.41, 5.74) is 3.08. The summed E-state index contributed by atoms with van der Waals surface area (Å²) in [7, 11) is 0. The Morgan fingerprint density at radius 2 is 2.05 bits per heavy atom. The molecule has 1 N–H and O–H groups in total. The Kier molecular flexibility index (Phi) is 3.24.